The van der Waals surface area contributed by atoms with E-state index in [-0.39, 0.29) is 41.8 Å². The second-order valence-corrected chi connectivity index (χ2v) is 10.7. The van der Waals surface area contributed by atoms with Gasteiger partial charge in [-0.3, -0.25) is 14.7 Å². The molecule has 0 aliphatic carbocycles. The molecular formula is C24H22FN3O4S2. The number of aromatic nitrogens is 2. The number of amides is 1. The second-order valence-electron chi connectivity index (χ2n) is 7.54. The molecule has 0 radical (unpaired) electrons. The minimum absolute atomic E-state index is 0.0186. The van der Waals surface area contributed by atoms with Gasteiger partial charge < -0.3 is 4.74 Å². The lowest BCUT2D eigenvalue weighted by atomic mass is 10.2. The minimum atomic E-state index is -3.54. The zero-order chi connectivity index (χ0) is 24.1. The summed E-state index contributed by atoms with van der Waals surface area (Å²) < 4.78 is 44.7. The largest absolute Gasteiger partial charge is 0.497 e. The van der Waals surface area contributed by atoms with E-state index in [4.69, 9.17) is 4.74 Å². The van der Waals surface area contributed by atoms with Crippen molar-refractivity contribution in [2.45, 2.75) is 24.3 Å². The lowest BCUT2D eigenvalue weighted by Gasteiger charge is -2.20. The van der Waals surface area contributed by atoms with E-state index in [1.807, 2.05) is 0 Å². The van der Waals surface area contributed by atoms with Gasteiger partial charge in [0.2, 0.25) is 5.91 Å². The van der Waals surface area contributed by atoms with Crippen molar-refractivity contribution in [2.24, 2.45) is 0 Å². The molecule has 4 rings (SSSR count). The first kappa shape index (κ1) is 23.8. The highest BCUT2D eigenvalue weighted by atomic mass is 32.2. The highest BCUT2D eigenvalue weighted by Gasteiger charge is 2.22. The summed E-state index contributed by atoms with van der Waals surface area (Å²) in [5.74, 6) is -0.240. The molecule has 0 atom stereocenters. The summed E-state index contributed by atoms with van der Waals surface area (Å²) >= 11 is 1.21. The number of nitrogens with zero attached hydrogens (tertiary/aromatic N) is 3. The highest BCUT2D eigenvalue weighted by Crippen LogP contribution is 2.31. The van der Waals surface area contributed by atoms with E-state index < -0.39 is 9.84 Å². The van der Waals surface area contributed by atoms with Crippen LogP contribution in [0.2, 0.25) is 0 Å². The highest BCUT2D eigenvalue weighted by molar-refractivity contribution is 7.91. The predicted molar refractivity (Wildman–Crippen MR) is 129 cm³/mol. The summed E-state index contributed by atoms with van der Waals surface area (Å²) in [5, 5.41) is 0.431. The quantitative estimate of drug-likeness (QED) is 0.334. The van der Waals surface area contributed by atoms with Gasteiger partial charge in [0.25, 0.3) is 0 Å². The number of rotatable bonds is 9. The van der Waals surface area contributed by atoms with Crippen LogP contribution in [-0.2, 0) is 21.2 Å². The predicted octanol–water partition coefficient (Wildman–Crippen LogP) is 4.63. The summed E-state index contributed by atoms with van der Waals surface area (Å²) in [6.07, 6.45) is 3.44. The molecule has 2 aromatic carbocycles. The molecule has 7 nitrogen and oxygen atoms in total. The lowest BCUT2D eigenvalue weighted by molar-refractivity contribution is -0.118. The summed E-state index contributed by atoms with van der Waals surface area (Å²) in [6.45, 7) is 0.245. The molecule has 0 unspecified atom stereocenters. The Balaban J connectivity index is 1.50. The first-order chi connectivity index (χ1) is 16.4. The van der Waals surface area contributed by atoms with Crippen molar-refractivity contribution in [3.8, 4) is 5.75 Å². The third-order valence-electron chi connectivity index (χ3n) is 5.18. The van der Waals surface area contributed by atoms with Crippen molar-refractivity contribution in [1.29, 1.82) is 0 Å². The second kappa shape index (κ2) is 10.3. The van der Waals surface area contributed by atoms with Crippen LogP contribution in [-0.4, -0.2) is 37.2 Å². The molecule has 34 heavy (non-hydrogen) atoms. The van der Waals surface area contributed by atoms with E-state index in [1.54, 1.807) is 42.7 Å². The molecule has 2 heterocycles. The number of carbonyl (C=O) groups excluding carboxylic acids is 1. The van der Waals surface area contributed by atoms with Gasteiger partial charge in [0.1, 0.15) is 11.6 Å². The van der Waals surface area contributed by atoms with Gasteiger partial charge in [-0.05, 0) is 66.6 Å². The number of carbonyl (C=O) groups is 1. The van der Waals surface area contributed by atoms with Crippen molar-refractivity contribution in [1.82, 2.24) is 9.97 Å². The maximum atomic E-state index is 13.6. The molecule has 0 aliphatic rings. The van der Waals surface area contributed by atoms with Crippen molar-refractivity contribution < 1.29 is 22.3 Å². The zero-order valence-electron chi connectivity index (χ0n) is 18.3. The number of benzene rings is 2. The third kappa shape index (κ3) is 5.57. The molecule has 0 aliphatic heterocycles. The summed E-state index contributed by atoms with van der Waals surface area (Å²) in [5.41, 5.74) is 1.44. The van der Waals surface area contributed by atoms with Gasteiger partial charge >= 0.3 is 0 Å². The Labute approximate surface area is 200 Å². The average molecular weight is 500 g/mol. The Hall–Kier alpha value is -3.37. The average Bonchev–Trinajstić information content (AvgIpc) is 3.25. The van der Waals surface area contributed by atoms with Gasteiger partial charge in [-0.15, -0.1) is 0 Å². The van der Waals surface area contributed by atoms with Gasteiger partial charge in [0.05, 0.1) is 34.5 Å². The first-order valence-electron chi connectivity index (χ1n) is 10.5. The Morgan fingerprint density at radius 2 is 1.82 bits per heavy atom. The minimum Gasteiger partial charge on any atom is -0.497 e. The monoisotopic (exact) mass is 499 g/mol. The van der Waals surface area contributed by atoms with Crippen LogP contribution in [0.3, 0.4) is 0 Å². The molecule has 176 valence electrons. The first-order valence-corrected chi connectivity index (χ1v) is 12.9. The summed E-state index contributed by atoms with van der Waals surface area (Å²) in [4.78, 5) is 23.4. The summed E-state index contributed by atoms with van der Waals surface area (Å²) in [6, 6.07) is 14.0. The molecule has 1 amide bonds. The fourth-order valence-corrected chi connectivity index (χ4v) is 5.70. The smallest absolute Gasteiger partial charge is 0.229 e. The molecule has 2 aromatic heterocycles. The summed E-state index contributed by atoms with van der Waals surface area (Å²) in [7, 11) is -2.04. The Morgan fingerprint density at radius 3 is 2.53 bits per heavy atom. The van der Waals surface area contributed by atoms with Gasteiger partial charge in [0.15, 0.2) is 15.0 Å². The number of fused-ring (bicyclic) bond motifs is 1. The molecule has 0 bridgehead atoms. The van der Waals surface area contributed by atoms with Crippen molar-refractivity contribution >= 4 is 42.4 Å². The van der Waals surface area contributed by atoms with Crippen molar-refractivity contribution in [3.63, 3.8) is 0 Å². The molecule has 4 aromatic rings. The number of anilines is 1. The van der Waals surface area contributed by atoms with Crippen LogP contribution < -0.4 is 9.64 Å². The Kier molecular flexibility index (Phi) is 7.18. The lowest BCUT2D eigenvalue weighted by Crippen LogP contribution is -2.30. The van der Waals surface area contributed by atoms with Gasteiger partial charge in [-0.1, -0.05) is 11.3 Å². The van der Waals surface area contributed by atoms with E-state index in [2.05, 4.69) is 9.97 Å². The molecule has 0 fully saturated rings. The zero-order valence-corrected chi connectivity index (χ0v) is 20.0. The number of hydrogen-bond donors (Lipinski definition) is 0. The third-order valence-corrected chi connectivity index (χ3v) is 8.04. The fraction of sp³-hybridized carbons (Fsp3) is 0.208. The van der Waals surface area contributed by atoms with Crippen molar-refractivity contribution in [3.05, 3.63) is 78.4 Å². The van der Waals surface area contributed by atoms with E-state index >= 15 is 0 Å². The maximum absolute atomic E-state index is 13.6. The number of methoxy groups -OCH3 is 1. The van der Waals surface area contributed by atoms with Crippen LogP contribution in [0.4, 0.5) is 9.52 Å². The van der Waals surface area contributed by atoms with Crippen LogP contribution in [0.5, 0.6) is 5.75 Å². The van der Waals surface area contributed by atoms with Gasteiger partial charge in [-0.25, -0.2) is 17.8 Å². The van der Waals surface area contributed by atoms with Crippen LogP contribution in [0.25, 0.3) is 10.2 Å². The number of sulfone groups is 1. The van der Waals surface area contributed by atoms with E-state index in [9.17, 15) is 17.6 Å². The van der Waals surface area contributed by atoms with Crippen LogP contribution in [0, 0.1) is 5.82 Å². The molecule has 0 N–H and O–H groups in total. The normalized spacial score (nSPS) is 11.5. The van der Waals surface area contributed by atoms with E-state index in [1.165, 1.54) is 47.6 Å². The maximum Gasteiger partial charge on any atom is 0.229 e. The van der Waals surface area contributed by atoms with Gasteiger partial charge in [0, 0.05) is 18.8 Å². The number of pyridine rings is 1. The SMILES string of the molecule is COc1ccc(S(=O)(=O)CCCC(=O)N(Cc2ccncc2)c2nc3ccc(F)cc3s2)cc1. The van der Waals surface area contributed by atoms with Crippen molar-refractivity contribution in [2.75, 3.05) is 17.8 Å². The van der Waals surface area contributed by atoms with E-state index in [0.717, 1.165) is 5.56 Å². The van der Waals surface area contributed by atoms with Crippen LogP contribution >= 0.6 is 11.3 Å². The van der Waals surface area contributed by atoms with E-state index in [0.29, 0.717) is 21.1 Å². The molecule has 0 spiro atoms. The Morgan fingerprint density at radius 1 is 1.09 bits per heavy atom. The molecular weight excluding hydrogens is 477 g/mol. The molecule has 0 saturated heterocycles. The molecule has 0 saturated carbocycles. The number of thiazole rings is 1. The number of halogens is 1. The van der Waals surface area contributed by atoms with Gasteiger partial charge in [-0.2, -0.15) is 0 Å². The number of ether oxygens (including phenoxy) is 1. The fourth-order valence-electron chi connectivity index (χ4n) is 3.38. The topological polar surface area (TPSA) is 89.5 Å². The Bertz CT molecular complexity index is 1390. The van der Waals surface area contributed by atoms with Crippen LogP contribution in [0.15, 0.2) is 71.9 Å². The standard InChI is InChI=1S/C24H22FN3O4S2/c1-32-19-5-7-20(8-6-19)34(30,31)14-2-3-23(29)28(16-17-10-12-26-13-11-17)24-27-21-9-4-18(25)15-22(21)33-24/h4-13,15H,2-3,14,16H2,1H3. The number of hydrogen-bond acceptors (Lipinski definition) is 7. The van der Waals surface area contributed by atoms with Crippen LogP contribution in [0.1, 0.15) is 18.4 Å². The molecule has 10 heteroatoms.